The number of nitrogens with one attached hydrogen (secondary N) is 1. The van der Waals surface area contributed by atoms with Crippen LogP contribution in [0.1, 0.15) is 41.1 Å². The second kappa shape index (κ2) is 7.70. The molecule has 136 valence electrons. The molecule has 1 amide bonds. The van der Waals surface area contributed by atoms with Crippen LogP contribution in [0.2, 0.25) is 0 Å². The molecule has 1 saturated carbocycles. The van der Waals surface area contributed by atoms with E-state index in [-0.39, 0.29) is 11.8 Å². The van der Waals surface area contributed by atoms with Gasteiger partial charge in [-0.3, -0.25) is 4.79 Å². The zero-order chi connectivity index (χ0) is 18.6. The van der Waals surface area contributed by atoms with Crippen molar-refractivity contribution in [2.75, 3.05) is 7.11 Å². The number of hydrogen-bond acceptors (Lipinski definition) is 4. The number of hydrogen-bond donors (Lipinski definition) is 2. The average Bonchev–Trinajstić information content (AvgIpc) is 2.70. The van der Waals surface area contributed by atoms with Crippen molar-refractivity contribution in [1.82, 2.24) is 5.32 Å². The van der Waals surface area contributed by atoms with Gasteiger partial charge in [0.15, 0.2) is 0 Å². The number of carbonyl (C=O) groups excluding carboxylic acids is 2. The van der Waals surface area contributed by atoms with E-state index < -0.39 is 17.6 Å². The molecule has 0 saturated heterocycles. The van der Waals surface area contributed by atoms with Crippen LogP contribution in [0.15, 0.2) is 60.7 Å². The monoisotopic (exact) mass is 353 g/mol. The third-order valence-corrected chi connectivity index (χ3v) is 5.10. The molecule has 0 bridgehead atoms. The van der Waals surface area contributed by atoms with Gasteiger partial charge in [-0.25, -0.2) is 4.79 Å². The number of methoxy groups -OCH3 is 1. The molecular formula is C21H23NO4. The maximum atomic E-state index is 12.8. The minimum absolute atomic E-state index is 0.318. The van der Waals surface area contributed by atoms with Crippen molar-refractivity contribution in [3.05, 3.63) is 71.8 Å². The molecule has 0 aromatic heterocycles. The van der Waals surface area contributed by atoms with Crippen molar-refractivity contribution >= 4 is 11.9 Å². The van der Waals surface area contributed by atoms with Gasteiger partial charge < -0.3 is 15.2 Å². The van der Waals surface area contributed by atoms with E-state index >= 15 is 0 Å². The fourth-order valence-corrected chi connectivity index (χ4v) is 3.76. The van der Waals surface area contributed by atoms with Crippen LogP contribution >= 0.6 is 0 Å². The Morgan fingerprint density at radius 2 is 1.69 bits per heavy atom. The summed E-state index contributed by atoms with van der Waals surface area (Å²) >= 11 is 0. The lowest BCUT2D eigenvalue weighted by Gasteiger charge is -2.44. The van der Waals surface area contributed by atoms with E-state index in [4.69, 9.17) is 4.74 Å². The van der Waals surface area contributed by atoms with Crippen LogP contribution in [-0.2, 0) is 9.53 Å². The first-order valence-corrected chi connectivity index (χ1v) is 8.76. The van der Waals surface area contributed by atoms with Crippen molar-refractivity contribution in [3.8, 4) is 0 Å². The number of ether oxygens (including phenoxy) is 1. The summed E-state index contributed by atoms with van der Waals surface area (Å²) < 4.78 is 5.08. The molecular weight excluding hydrogens is 330 g/mol. The van der Waals surface area contributed by atoms with E-state index in [2.05, 4.69) is 5.32 Å². The zero-order valence-corrected chi connectivity index (χ0v) is 14.7. The highest BCUT2D eigenvalue weighted by molar-refractivity contribution is 5.98. The predicted molar refractivity (Wildman–Crippen MR) is 97.7 cm³/mol. The van der Waals surface area contributed by atoms with Crippen LogP contribution in [0.3, 0.4) is 0 Å². The van der Waals surface area contributed by atoms with Gasteiger partial charge in [0.2, 0.25) is 0 Å². The van der Waals surface area contributed by atoms with Gasteiger partial charge >= 0.3 is 5.97 Å². The summed E-state index contributed by atoms with van der Waals surface area (Å²) in [5.41, 5.74) is 0.168. The highest BCUT2D eigenvalue weighted by Gasteiger charge is 2.51. The quantitative estimate of drug-likeness (QED) is 0.829. The number of aliphatic hydroxyl groups is 1. The first kappa shape index (κ1) is 18.1. The molecule has 2 aromatic rings. The highest BCUT2D eigenvalue weighted by atomic mass is 16.5. The van der Waals surface area contributed by atoms with Crippen LogP contribution < -0.4 is 5.32 Å². The minimum atomic E-state index is -1.21. The number of rotatable bonds is 4. The number of esters is 1. The van der Waals surface area contributed by atoms with Crippen LogP contribution in [0.25, 0.3) is 0 Å². The van der Waals surface area contributed by atoms with Gasteiger partial charge in [-0.1, -0.05) is 48.5 Å². The number of carbonyl (C=O) groups is 2. The Morgan fingerprint density at radius 1 is 1.08 bits per heavy atom. The van der Waals surface area contributed by atoms with E-state index in [0.29, 0.717) is 24.8 Å². The third-order valence-electron chi connectivity index (χ3n) is 5.10. The zero-order valence-electron chi connectivity index (χ0n) is 14.7. The van der Waals surface area contributed by atoms with Crippen molar-refractivity contribution in [1.29, 1.82) is 0 Å². The Morgan fingerprint density at radius 3 is 2.31 bits per heavy atom. The number of amides is 1. The van der Waals surface area contributed by atoms with Gasteiger partial charge in [-0.05, 0) is 37.0 Å². The second-order valence-electron chi connectivity index (χ2n) is 6.67. The summed E-state index contributed by atoms with van der Waals surface area (Å²) in [6.07, 6.45) is 0.604. The molecule has 1 aliphatic rings. The largest absolute Gasteiger partial charge is 0.467 e. The van der Waals surface area contributed by atoms with E-state index in [1.165, 1.54) is 7.11 Å². The molecule has 5 heteroatoms. The van der Waals surface area contributed by atoms with Crippen LogP contribution in [-0.4, -0.2) is 35.7 Å². The maximum absolute atomic E-state index is 12.8. The Bertz CT molecular complexity index is 762. The molecule has 0 radical (unpaired) electrons. The summed E-state index contributed by atoms with van der Waals surface area (Å²) in [5, 5.41) is 13.2. The van der Waals surface area contributed by atoms with E-state index in [0.717, 1.165) is 5.56 Å². The summed E-state index contributed by atoms with van der Waals surface area (Å²) in [4.78, 5) is 25.6. The molecule has 2 N–H and O–H groups in total. The second-order valence-corrected chi connectivity index (χ2v) is 6.67. The molecule has 5 nitrogen and oxygen atoms in total. The molecule has 0 spiro atoms. The van der Waals surface area contributed by atoms with Gasteiger partial charge in [0, 0.05) is 11.5 Å². The molecule has 26 heavy (non-hydrogen) atoms. The fraction of sp³-hybridized carbons (Fsp3) is 0.333. The SMILES string of the molecule is COC(=O)[C@@]1(NC(=O)c2ccccc2)CC[C@@H](O)C[C@@H]1c1ccccc1. The summed E-state index contributed by atoms with van der Waals surface area (Å²) in [5.74, 6) is -1.18. The lowest BCUT2D eigenvalue weighted by atomic mass is 9.68. The van der Waals surface area contributed by atoms with Crippen molar-refractivity contribution in [2.24, 2.45) is 0 Å². The first-order chi connectivity index (χ1) is 12.6. The molecule has 0 aliphatic heterocycles. The van der Waals surface area contributed by atoms with Gasteiger partial charge in [0.25, 0.3) is 5.91 Å². The molecule has 3 atom stereocenters. The van der Waals surface area contributed by atoms with E-state index in [9.17, 15) is 14.7 Å². The molecule has 1 aliphatic carbocycles. The lowest BCUT2D eigenvalue weighted by molar-refractivity contribution is -0.151. The maximum Gasteiger partial charge on any atom is 0.332 e. The summed E-state index contributed by atoms with van der Waals surface area (Å²) in [6.45, 7) is 0. The first-order valence-electron chi connectivity index (χ1n) is 8.76. The molecule has 1 fully saturated rings. The molecule has 3 rings (SSSR count). The van der Waals surface area contributed by atoms with Gasteiger partial charge in [0.05, 0.1) is 13.2 Å². The number of aliphatic hydroxyl groups excluding tert-OH is 1. The van der Waals surface area contributed by atoms with Crippen molar-refractivity contribution in [3.63, 3.8) is 0 Å². The minimum Gasteiger partial charge on any atom is -0.467 e. The normalized spacial score (nSPS) is 25.3. The van der Waals surface area contributed by atoms with Gasteiger partial charge in [-0.15, -0.1) is 0 Å². The van der Waals surface area contributed by atoms with Crippen molar-refractivity contribution < 1.29 is 19.4 Å². The smallest absolute Gasteiger partial charge is 0.332 e. The predicted octanol–water partition coefficient (Wildman–Crippen LogP) is 2.66. The lowest BCUT2D eigenvalue weighted by Crippen LogP contribution is -2.61. The summed E-state index contributed by atoms with van der Waals surface area (Å²) in [7, 11) is 1.33. The molecule has 0 heterocycles. The van der Waals surface area contributed by atoms with Crippen LogP contribution in [0, 0.1) is 0 Å². The van der Waals surface area contributed by atoms with Gasteiger partial charge in [-0.2, -0.15) is 0 Å². The number of benzene rings is 2. The third kappa shape index (κ3) is 3.48. The van der Waals surface area contributed by atoms with Crippen molar-refractivity contribution in [2.45, 2.75) is 36.8 Å². The van der Waals surface area contributed by atoms with Crippen LogP contribution in [0.4, 0.5) is 0 Å². The highest BCUT2D eigenvalue weighted by Crippen LogP contribution is 2.42. The topological polar surface area (TPSA) is 75.6 Å². The van der Waals surface area contributed by atoms with Gasteiger partial charge in [0.1, 0.15) is 5.54 Å². The standard InChI is InChI=1S/C21H23NO4/c1-26-20(25)21(22-19(24)16-10-6-3-7-11-16)13-12-17(23)14-18(21)15-8-4-2-5-9-15/h2-11,17-18,23H,12-14H2,1H3,(H,22,24)/t17-,18-,21-/m1/s1. The Kier molecular flexibility index (Phi) is 5.38. The van der Waals surface area contributed by atoms with Crippen LogP contribution in [0.5, 0.6) is 0 Å². The molecule has 0 unspecified atom stereocenters. The average molecular weight is 353 g/mol. The Hall–Kier alpha value is -2.66. The Labute approximate surface area is 153 Å². The summed E-state index contributed by atoms with van der Waals surface area (Å²) in [6, 6.07) is 18.3. The van der Waals surface area contributed by atoms with E-state index in [1.807, 2.05) is 36.4 Å². The fourth-order valence-electron chi connectivity index (χ4n) is 3.76. The molecule has 2 aromatic carbocycles. The van der Waals surface area contributed by atoms with E-state index in [1.54, 1.807) is 24.3 Å². The Balaban J connectivity index is 2.01.